The largest absolute Gasteiger partial charge is 0.493 e. The van der Waals surface area contributed by atoms with Gasteiger partial charge in [0.15, 0.2) is 16.9 Å². The molecule has 1 saturated carbocycles. The van der Waals surface area contributed by atoms with Crippen molar-refractivity contribution < 1.29 is 23.7 Å². The molecule has 0 amide bonds. The summed E-state index contributed by atoms with van der Waals surface area (Å²) >= 11 is 0. The van der Waals surface area contributed by atoms with Gasteiger partial charge >= 0.3 is 0 Å². The van der Waals surface area contributed by atoms with E-state index < -0.39 is 22.7 Å². The number of aliphatic imine (C=N–C) groups is 1. The third kappa shape index (κ3) is 1.80. The van der Waals surface area contributed by atoms with Crippen molar-refractivity contribution in [3.63, 3.8) is 0 Å². The van der Waals surface area contributed by atoms with Gasteiger partial charge in [-0.1, -0.05) is 6.07 Å². The molecule has 0 radical (unpaired) electrons. The quantitative estimate of drug-likeness (QED) is 0.735. The zero-order chi connectivity index (χ0) is 20.0. The van der Waals surface area contributed by atoms with Crippen LogP contribution in [-0.4, -0.2) is 47.3 Å². The van der Waals surface area contributed by atoms with Crippen molar-refractivity contribution in [2.75, 3.05) is 35.5 Å². The van der Waals surface area contributed by atoms with Gasteiger partial charge in [0, 0.05) is 25.7 Å². The van der Waals surface area contributed by atoms with Crippen molar-refractivity contribution in [3.8, 4) is 29.4 Å². The maximum absolute atomic E-state index is 10.1. The van der Waals surface area contributed by atoms with Gasteiger partial charge in [0.05, 0.1) is 33.5 Å². The summed E-state index contributed by atoms with van der Waals surface area (Å²) in [5, 5.41) is 20.1. The molecule has 0 saturated heterocycles. The average Bonchev–Trinajstić information content (AvgIpc) is 3.28. The van der Waals surface area contributed by atoms with Crippen molar-refractivity contribution in [3.05, 3.63) is 17.7 Å². The average molecular weight is 372 g/mol. The van der Waals surface area contributed by atoms with Crippen LogP contribution in [0.15, 0.2) is 17.1 Å². The minimum absolute atomic E-state index is 0.0166. The van der Waals surface area contributed by atoms with E-state index in [1.165, 1.54) is 35.5 Å². The maximum atomic E-state index is 10.1. The molecular weight excluding hydrogens is 352 g/mol. The minimum Gasteiger partial charge on any atom is -0.493 e. The summed E-state index contributed by atoms with van der Waals surface area (Å²) < 4.78 is 27.2. The number of fused-ring (bicyclic) bond motifs is 1. The predicted octanol–water partition coefficient (Wildman–Crippen LogP) is 1.15. The van der Waals surface area contributed by atoms with E-state index in [0.29, 0.717) is 22.8 Å². The van der Waals surface area contributed by atoms with E-state index in [4.69, 9.17) is 29.4 Å². The van der Waals surface area contributed by atoms with Crippen LogP contribution in [0.3, 0.4) is 0 Å². The molecule has 1 fully saturated rings. The summed E-state index contributed by atoms with van der Waals surface area (Å²) in [6.45, 7) is 0. The van der Waals surface area contributed by atoms with Crippen LogP contribution < -0.4 is 19.9 Å². The Hall–Kier alpha value is -3.01. The van der Waals surface area contributed by atoms with Crippen molar-refractivity contribution in [1.82, 2.24) is 0 Å². The first kappa shape index (κ1) is 18.8. The first-order valence-electron chi connectivity index (χ1n) is 8.02. The number of hydrogen-bond acceptors (Lipinski definition) is 9. The highest BCUT2D eigenvalue weighted by Gasteiger charge is 2.94. The Morgan fingerprint density at radius 2 is 1.59 bits per heavy atom. The van der Waals surface area contributed by atoms with Gasteiger partial charge in [0.25, 0.3) is 5.91 Å². The number of methoxy groups -OCH3 is 5. The summed E-state index contributed by atoms with van der Waals surface area (Å²) in [7, 11) is 7.15. The molecule has 142 valence electrons. The van der Waals surface area contributed by atoms with Crippen molar-refractivity contribution >= 4 is 5.84 Å². The number of nitrogens with two attached hydrogens (primary N) is 1. The molecule has 0 spiro atoms. The molecule has 1 aromatic rings. The Labute approximate surface area is 156 Å². The fourth-order valence-electron chi connectivity index (χ4n) is 4.34. The normalized spacial score (nSPS) is 29.7. The topological polar surface area (TPSA) is 132 Å². The van der Waals surface area contributed by atoms with Gasteiger partial charge in [-0.2, -0.15) is 10.5 Å². The molecule has 1 aliphatic carbocycles. The molecule has 9 heteroatoms. The first-order valence-corrected chi connectivity index (χ1v) is 8.02. The Morgan fingerprint density at radius 3 is 2.04 bits per heavy atom. The number of ether oxygens (including phenoxy) is 5. The lowest BCUT2D eigenvalue weighted by atomic mass is 9.93. The van der Waals surface area contributed by atoms with Crippen LogP contribution in [0.1, 0.15) is 11.5 Å². The molecule has 1 heterocycles. The van der Waals surface area contributed by atoms with Crippen LogP contribution in [0.25, 0.3) is 0 Å². The first-order chi connectivity index (χ1) is 12.9. The number of amidine groups is 1. The second kappa shape index (κ2) is 6.02. The van der Waals surface area contributed by atoms with E-state index in [9.17, 15) is 10.5 Å². The smallest absolute Gasteiger partial charge is 0.292 e. The van der Waals surface area contributed by atoms with Crippen LogP contribution in [0.4, 0.5) is 0 Å². The number of nitrogens with zero attached hydrogens (tertiary/aromatic N) is 3. The summed E-state index contributed by atoms with van der Waals surface area (Å²) in [5.74, 6) is -1.28. The SMILES string of the molecule is COc1ccc([C@@H]2[C@@]3(C#N)C(N)=NC(OC)(OC)[C@@]23C#N)c(OC)c1OC. The fraction of sp³-hybridized carbons (Fsp3) is 0.500. The Kier molecular flexibility index (Phi) is 4.18. The number of benzene rings is 1. The van der Waals surface area contributed by atoms with Gasteiger partial charge in [-0.25, -0.2) is 4.99 Å². The van der Waals surface area contributed by atoms with Gasteiger partial charge in [0.2, 0.25) is 5.75 Å². The summed E-state index contributed by atoms with van der Waals surface area (Å²) in [4.78, 5) is 4.19. The van der Waals surface area contributed by atoms with Crippen molar-refractivity contribution in [2.24, 2.45) is 21.6 Å². The van der Waals surface area contributed by atoms with E-state index in [-0.39, 0.29) is 5.84 Å². The second-order valence-corrected chi connectivity index (χ2v) is 6.18. The van der Waals surface area contributed by atoms with Gasteiger partial charge in [-0.05, 0) is 6.07 Å². The monoisotopic (exact) mass is 372 g/mol. The highest BCUT2D eigenvalue weighted by atomic mass is 16.7. The van der Waals surface area contributed by atoms with Gasteiger partial charge in [-0.15, -0.1) is 0 Å². The van der Waals surface area contributed by atoms with Crippen LogP contribution in [0.2, 0.25) is 0 Å². The molecular formula is C18H20N4O5. The molecule has 2 N–H and O–H groups in total. The predicted molar refractivity (Wildman–Crippen MR) is 93.3 cm³/mol. The highest BCUT2D eigenvalue weighted by molar-refractivity contribution is 6.00. The highest BCUT2D eigenvalue weighted by Crippen LogP contribution is 2.82. The molecule has 2 aliphatic rings. The number of nitriles is 2. The molecule has 27 heavy (non-hydrogen) atoms. The fourth-order valence-corrected chi connectivity index (χ4v) is 4.34. The standard InChI is InChI=1S/C18H20N4O5/c1-23-11-7-6-10(12(24-2)13(11)25-3)14-16(8-19)15(21)22-18(26-4,27-5)17(14,16)9-20/h6-7,14H,1-5H3,(H2,21,22)/t14-,16+,17+/m1/s1. The summed E-state index contributed by atoms with van der Waals surface area (Å²) in [5.41, 5.74) is 3.78. The zero-order valence-corrected chi connectivity index (χ0v) is 15.7. The van der Waals surface area contributed by atoms with Crippen LogP contribution >= 0.6 is 0 Å². The lowest BCUT2D eigenvalue weighted by molar-refractivity contribution is -0.230. The lowest BCUT2D eigenvalue weighted by Gasteiger charge is -2.29. The Bertz CT molecular complexity index is 898. The van der Waals surface area contributed by atoms with Crippen molar-refractivity contribution in [1.29, 1.82) is 10.5 Å². The third-order valence-electron chi connectivity index (χ3n) is 5.53. The molecule has 0 bridgehead atoms. The molecule has 1 aromatic carbocycles. The molecule has 1 aliphatic heterocycles. The summed E-state index contributed by atoms with van der Waals surface area (Å²) in [6.07, 6.45) is 0. The van der Waals surface area contributed by atoms with Gasteiger partial charge in [0.1, 0.15) is 11.3 Å². The van der Waals surface area contributed by atoms with E-state index in [1.807, 2.05) is 0 Å². The number of hydrogen-bond donors (Lipinski definition) is 1. The maximum Gasteiger partial charge on any atom is 0.292 e. The number of rotatable bonds is 6. The lowest BCUT2D eigenvalue weighted by Crippen LogP contribution is -2.41. The molecule has 3 rings (SSSR count). The van der Waals surface area contributed by atoms with Crippen molar-refractivity contribution in [2.45, 2.75) is 11.8 Å². The Balaban J connectivity index is 2.31. The van der Waals surface area contributed by atoms with Gasteiger partial charge in [-0.3, -0.25) is 0 Å². The molecule has 0 aromatic heterocycles. The van der Waals surface area contributed by atoms with Crippen LogP contribution in [0, 0.1) is 33.5 Å². The van der Waals surface area contributed by atoms with Crippen LogP contribution in [-0.2, 0) is 9.47 Å². The van der Waals surface area contributed by atoms with E-state index in [2.05, 4.69) is 17.1 Å². The van der Waals surface area contributed by atoms with E-state index in [0.717, 1.165) is 0 Å². The Morgan fingerprint density at radius 1 is 0.963 bits per heavy atom. The van der Waals surface area contributed by atoms with E-state index >= 15 is 0 Å². The third-order valence-corrected chi connectivity index (χ3v) is 5.53. The molecule has 9 nitrogen and oxygen atoms in total. The second-order valence-electron chi connectivity index (χ2n) is 6.18. The zero-order valence-electron chi connectivity index (χ0n) is 15.7. The summed E-state index contributed by atoms with van der Waals surface area (Å²) in [6, 6.07) is 7.77. The minimum atomic E-state index is -1.70. The molecule has 3 atom stereocenters. The molecule has 0 unspecified atom stereocenters. The van der Waals surface area contributed by atoms with E-state index in [1.54, 1.807) is 12.1 Å². The van der Waals surface area contributed by atoms with Gasteiger partial charge < -0.3 is 29.4 Å². The van der Waals surface area contributed by atoms with Crippen LogP contribution in [0.5, 0.6) is 17.2 Å².